The van der Waals surface area contributed by atoms with Gasteiger partial charge in [-0.15, -0.1) is 0 Å². The molecule has 1 spiro atoms. The largest absolute Gasteiger partial charge is 0.463 e. The van der Waals surface area contributed by atoms with Crippen molar-refractivity contribution in [2.24, 2.45) is 17.3 Å². The number of ether oxygens (including phenoxy) is 3. The van der Waals surface area contributed by atoms with Gasteiger partial charge in [-0.05, 0) is 68.3 Å². The van der Waals surface area contributed by atoms with Gasteiger partial charge in [-0.25, -0.2) is 9.78 Å². The molecule has 1 aromatic heterocycles. The number of thiocarbonyl (C=S) groups is 1. The SMILES string of the molecule is O=C(O[C@@H]1CCC[C@H]2C[C@@H]3C[C@@]21[C@@H](OC(=S)n1ccnc1)[C@H]1O[C@@H]31)c1ccccc1. The summed E-state index contributed by atoms with van der Waals surface area (Å²) in [6.07, 6.45) is 10.2. The molecule has 0 N–H and O–H groups in total. The molecule has 4 aliphatic rings. The lowest BCUT2D eigenvalue weighted by Crippen LogP contribution is -2.57. The predicted molar refractivity (Wildman–Crippen MR) is 112 cm³/mol. The number of fused-ring (bicyclic) bond motifs is 3. The molecule has 0 amide bonds. The van der Waals surface area contributed by atoms with Crippen molar-refractivity contribution >= 4 is 23.4 Å². The van der Waals surface area contributed by atoms with E-state index in [0.717, 1.165) is 32.1 Å². The molecule has 1 aliphatic heterocycles. The molecule has 2 aromatic rings. The maximum absolute atomic E-state index is 12.9. The summed E-state index contributed by atoms with van der Waals surface area (Å²) in [6, 6.07) is 9.24. The molecule has 2 bridgehead atoms. The normalized spacial score (nSPS) is 38.3. The van der Waals surface area contributed by atoms with Crippen LogP contribution in [-0.4, -0.2) is 45.1 Å². The van der Waals surface area contributed by atoms with Crippen LogP contribution in [0, 0.1) is 17.3 Å². The van der Waals surface area contributed by atoms with Crippen molar-refractivity contribution in [1.82, 2.24) is 9.55 Å². The maximum Gasteiger partial charge on any atom is 0.338 e. The number of esters is 1. The molecular weight excluding hydrogens is 400 g/mol. The number of benzene rings is 1. The van der Waals surface area contributed by atoms with Gasteiger partial charge in [0.1, 0.15) is 24.6 Å². The van der Waals surface area contributed by atoms with Crippen LogP contribution in [-0.2, 0) is 14.2 Å². The molecule has 0 unspecified atom stereocenters. The monoisotopic (exact) mass is 424 g/mol. The van der Waals surface area contributed by atoms with Gasteiger partial charge in [0.05, 0.1) is 17.1 Å². The number of rotatable bonds is 3. The molecule has 0 radical (unpaired) electrons. The Bertz CT molecular complexity index is 965. The van der Waals surface area contributed by atoms with Crippen LogP contribution in [0.4, 0.5) is 0 Å². The number of imidazole rings is 1. The molecule has 3 aliphatic carbocycles. The quantitative estimate of drug-likeness (QED) is 0.426. The minimum absolute atomic E-state index is 0.0336. The number of nitrogens with zero attached hydrogens (tertiary/aromatic N) is 2. The molecule has 1 aromatic carbocycles. The van der Waals surface area contributed by atoms with E-state index >= 15 is 0 Å². The first-order valence-corrected chi connectivity index (χ1v) is 11.2. The van der Waals surface area contributed by atoms with Crippen LogP contribution in [0.3, 0.4) is 0 Å². The van der Waals surface area contributed by atoms with Gasteiger partial charge < -0.3 is 14.2 Å². The van der Waals surface area contributed by atoms with Gasteiger partial charge in [0.15, 0.2) is 0 Å². The first-order valence-electron chi connectivity index (χ1n) is 10.8. The fraction of sp³-hybridized carbons (Fsp3) is 0.522. The minimum atomic E-state index is -0.256. The van der Waals surface area contributed by atoms with Crippen molar-refractivity contribution in [3.8, 4) is 0 Å². The Labute approximate surface area is 180 Å². The summed E-state index contributed by atoms with van der Waals surface area (Å²) in [7, 11) is 0. The molecule has 7 atom stereocenters. The Hall–Kier alpha value is -2.25. The van der Waals surface area contributed by atoms with Crippen molar-refractivity contribution < 1.29 is 19.0 Å². The highest BCUT2D eigenvalue weighted by molar-refractivity contribution is 7.80. The zero-order valence-electron chi connectivity index (χ0n) is 16.6. The first-order chi connectivity index (χ1) is 14.7. The van der Waals surface area contributed by atoms with E-state index in [2.05, 4.69) is 4.98 Å². The van der Waals surface area contributed by atoms with E-state index in [1.807, 2.05) is 18.2 Å². The van der Waals surface area contributed by atoms with Gasteiger partial charge >= 0.3 is 5.97 Å². The summed E-state index contributed by atoms with van der Waals surface area (Å²) >= 11 is 5.57. The first kappa shape index (κ1) is 18.5. The Morgan fingerprint density at radius 1 is 1.20 bits per heavy atom. The summed E-state index contributed by atoms with van der Waals surface area (Å²) in [4.78, 5) is 17.0. The average Bonchev–Trinajstić information content (AvgIpc) is 3.21. The van der Waals surface area contributed by atoms with Crippen LogP contribution in [0.1, 0.15) is 42.5 Å². The van der Waals surface area contributed by atoms with Crippen LogP contribution in [0.2, 0.25) is 0 Å². The van der Waals surface area contributed by atoms with Gasteiger partial charge in [0, 0.05) is 12.4 Å². The predicted octanol–water partition coefficient (Wildman–Crippen LogP) is 3.60. The van der Waals surface area contributed by atoms with Crippen LogP contribution in [0.25, 0.3) is 0 Å². The summed E-state index contributed by atoms with van der Waals surface area (Å²) in [5, 5.41) is 0.379. The highest BCUT2D eigenvalue weighted by atomic mass is 32.1. The second-order valence-corrected chi connectivity index (χ2v) is 9.39. The third-order valence-corrected chi connectivity index (χ3v) is 7.94. The van der Waals surface area contributed by atoms with Crippen molar-refractivity contribution in [3.05, 3.63) is 54.6 Å². The molecule has 4 fully saturated rings. The number of hydrogen-bond acceptors (Lipinski definition) is 6. The number of aromatic nitrogens is 2. The zero-order chi connectivity index (χ0) is 20.3. The summed E-state index contributed by atoms with van der Waals surface area (Å²) in [6.45, 7) is 0. The molecule has 6 nitrogen and oxygen atoms in total. The van der Waals surface area contributed by atoms with Crippen molar-refractivity contribution in [1.29, 1.82) is 0 Å². The minimum Gasteiger partial charge on any atom is -0.463 e. The lowest BCUT2D eigenvalue weighted by Gasteiger charge is -2.49. The number of hydrogen-bond donors (Lipinski definition) is 0. The van der Waals surface area contributed by atoms with Gasteiger partial charge in [-0.1, -0.05) is 18.2 Å². The molecule has 30 heavy (non-hydrogen) atoms. The summed E-state index contributed by atoms with van der Waals surface area (Å²) < 4.78 is 20.4. The second-order valence-electron chi connectivity index (χ2n) is 9.04. The van der Waals surface area contributed by atoms with Crippen molar-refractivity contribution in [2.75, 3.05) is 0 Å². The fourth-order valence-corrected chi connectivity index (χ4v) is 6.60. The zero-order valence-corrected chi connectivity index (χ0v) is 17.4. The van der Waals surface area contributed by atoms with E-state index in [4.69, 9.17) is 26.4 Å². The van der Waals surface area contributed by atoms with Crippen LogP contribution in [0.15, 0.2) is 49.1 Å². The van der Waals surface area contributed by atoms with E-state index in [-0.39, 0.29) is 35.8 Å². The Kier molecular flexibility index (Phi) is 4.25. The van der Waals surface area contributed by atoms with Crippen molar-refractivity contribution in [2.45, 2.75) is 56.5 Å². The fourth-order valence-electron chi connectivity index (χ4n) is 6.39. The highest BCUT2D eigenvalue weighted by Crippen LogP contribution is 2.67. The summed E-state index contributed by atoms with van der Waals surface area (Å²) in [5.41, 5.74) is 0.351. The van der Waals surface area contributed by atoms with Gasteiger partial charge in [0.25, 0.3) is 5.17 Å². The van der Waals surface area contributed by atoms with E-state index < -0.39 is 0 Å². The van der Waals surface area contributed by atoms with Crippen LogP contribution < -0.4 is 0 Å². The maximum atomic E-state index is 12.9. The lowest BCUT2D eigenvalue weighted by atomic mass is 9.60. The van der Waals surface area contributed by atoms with Crippen LogP contribution in [0.5, 0.6) is 0 Å². The van der Waals surface area contributed by atoms with E-state index in [9.17, 15) is 4.79 Å². The average molecular weight is 425 g/mol. The smallest absolute Gasteiger partial charge is 0.338 e. The third-order valence-electron chi connectivity index (χ3n) is 7.64. The lowest BCUT2D eigenvalue weighted by molar-refractivity contribution is -0.126. The topological polar surface area (TPSA) is 65.9 Å². The molecule has 2 heterocycles. The highest BCUT2D eigenvalue weighted by Gasteiger charge is 2.73. The molecule has 6 rings (SSSR count). The Morgan fingerprint density at radius 3 is 2.87 bits per heavy atom. The number of carbonyl (C=O) groups excluding carboxylic acids is 1. The number of epoxide rings is 1. The molecule has 1 saturated heterocycles. The van der Waals surface area contributed by atoms with Gasteiger partial charge in [-0.3, -0.25) is 4.57 Å². The standard InChI is InChI=1S/C23H24N2O4S/c26-21(14-5-2-1-3-6-14)27-17-8-4-7-16-11-15-12-23(16,17)20(19-18(15)28-19)29-22(30)25-10-9-24-13-25/h1-3,5-6,9-10,13,15-20H,4,7-8,11-12H2/t15-,16+,17-,18+,19+,20+,23-/m1/s1. The van der Waals surface area contributed by atoms with E-state index in [0.29, 0.717) is 22.6 Å². The summed E-state index contributed by atoms with van der Waals surface area (Å²) in [5.74, 6) is 0.739. The number of carbonyl (C=O) groups is 1. The third kappa shape index (κ3) is 2.75. The molecule has 156 valence electrons. The van der Waals surface area contributed by atoms with E-state index in [1.54, 1.807) is 35.4 Å². The molecule has 7 heteroatoms. The second kappa shape index (κ2) is 6.89. The van der Waals surface area contributed by atoms with Crippen LogP contribution >= 0.6 is 12.2 Å². The van der Waals surface area contributed by atoms with Gasteiger partial charge in [0.2, 0.25) is 0 Å². The Morgan fingerprint density at radius 2 is 2.07 bits per heavy atom. The Balaban J connectivity index is 1.32. The van der Waals surface area contributed by atoms with Crippen molar-refractivity contribution in [3.63, 3.8) is 0 Å². The van der Waals surface area contributed by atoms with E-state index in [1.165, 1.54) is 0 Å². The van der Waals surface area contributed by atoms with Gasteiger partial charge in [-0.2, -0.15) is 0 Å². The molecular formula is C23H24N2O4S. The molecule has 3 saturated carbocycles.